The first kappa shape index (κ1) is 23.9. The lowest BCUT2D eigenvalue weighted by Crippen LogP contribution is -2.57. The van der Waals surface area contributed by atoms with E-state index in [1.165, 1.54) is 36.4 Å². The Morgan fingerprint density at radius 3 is 2.00 bits per heavy atom. The van der Waals surface area contributed by atoms with E-state index in [4.69, 9.17) is 11.6 Å². The summed E-state index contributed by atoms with van der Waals surface area (Å²) in [6.07, 6.45) is -12.0. The average Bonchev–Trinajstić information content (AvgIpc) is 2.76. The number of carbonyl (C=O) groups is 1. The number of hydrogen-bond acceptors (Lipinski definition) is 3. The molecule has 0 fully saturated rings. The van der Waals surface area contributed by atoms with Gasteiger partial charge in [0.25, 0.3) is 0 Å². The predicted molar refractivity (Wildman–Crippen MR) is 114 cm³/mol. The minimum Gasteiger partial charge on any atom is -0.434 e. The van der Waals surface area contributed by atoms with Crippen LogP contribution in [-0.4, -0.2) is 25.4 Å². The molecule has 0 saturated carbocycles. The Hall–Kier alpha value is -3.20. The zero-order chi connectivity index (χ0) is 24.9. The van der Waals surface area contributed by atoms with E-state index in [0.717, 1.165) is 12.1 Å². The molecule has 4 rings (SSSR count). The number of benzene rings is 3. The molecule has 34 heavy (non-hydrogen) atoms. The maximum atomic E-state index is 14.2. The van der Waals surface area contributed by atoms with Gasteiger partial charge in [0.15, 0.2) is 0 Å². The molecule has 0 aliphatic carbocycles. The number of nitrogens with zero attached hydrogens (tertiary/aromatic N) is 1. The van der Waals surface area contributed by atoms with Crippen molar-refractivity contribution in [1.29, 1.82) is 0 Å². The molecule has 1 atom stereocenters. The Balaban J connectivity index is 1.92. The fraction of sp³-hybridized carbons (Fsp3) is 0.208. The Labute approximate surface area is 195 Å². The van der Waals surface area contributed by atoms with Crippen LogP contribution in [0.25, 0.3) is 0 Å². The van der Waals surface area contributed by atoms with Gasteiger partial charge in [-0.05, 0) is 35.4 Å². The Morgan fingerprint density at radius 2 is 1.38 bits per heavy atom. The summed E-state index contributed by atoms with van der Waals surface area (Å²) in [5.74, 6) is -3.28. The number of alkyl halides is 6. The molecular formula is C24H16ClF6NO2. The minimum atomic E-state index is -6.00. The van der Waals surface area contributed by atoms with E-state index in [2.05, 4.69) is 4.74 Å². The highest BCUT2D eigenvalue weighted by molar-refractivity contribution is 6.30. The van der Waals surface area contributed by atoms with Crippen LogP contribution in [-0.2, 0) is 15.1 Å². The highest BCUT2D eigenvalue weighted by Crippen LogP contribution is 2.55. The van der Waals surface area contributed by atoms with Crippen molar-refractivity contribution in [3.63, 3.8) is 0 Å². The van der Waals surface area contributed by atoms with Gasteiger partial charge < -0.3 is 9.64 Å². The second-order valence-electron chi connectivity index (χ2n) is 7.72. The van der Waals surface area contributed by atoms with Crippen LogP contribution in [0.2, 0.25) is 5.02 Å². The van der Waals surface area contributed by atoms with Gasteiger partial charge in [0, 0.05) is 29.0 Å². The van der Waals surface area contributed by atoms with E-state index < -0.39 is 35.4 Å². The van der Waals surface area contributed by atoms with Crippen molar-refractivity contribution in [1.82, 2.24) is 0 Å². The maximum Gasteiger partial charge on any atom is 0.442 e. The summed E-state index contributed by atoms with van der Waals surface area (Å²) in [5.41, 5.74) is -4.97. The van der Waals surface area contributed by atoms with Crippen molar-refractivity contribution < 1.29 is 35.9 Å². The molecule has 1 heterocycles. The van der Waals surface area contributed by atoms with Crippen LogP contribution in [0.1, 0.15) is 22.6 Å². The highest BCUT2D eigenvalue weighted by Gasteiger charge is 2.75. The zero-order valence-corrected chi connectivity index (χ0v) is 18.2. The van der Waals surface area contributed by atoms with E-state index in [0.29, 0.717) is 23.5 Å². The quantitative estimate of drug-likeness (QED) is 0.284. The van der Waals surface area contributed by atoms with Crippen LogP contribution in [0.15, 0.2) is 72.8 Å². The monoisotopic (exact) mass is 499 g/mol. The Morgan fingerprint density at radius 1 is 0.824 bits per heavy atom. The van der Waals surface area contributed by atoms with Crippen molar-refractivity contribution >= 4 is 28.9 Å². The molecule has 0 N–H and O–H groups in total. The highest BCUT2D eigenvalue weighted by atomic mass is 35.5. The summed E-state index contributed by atoms with van der Waals surface area (Å²) < 4.78 is 89.6. The zero-order valence-electron chi connectivity index (χ0n) is 17.4. The van der Waals surface area contributed by atoms with Crippen LogP contribution in [0, 0.1) is 0 Å². The minimum absolute atomic E-state index is 0.130. The number of halogens is 7. The van der Waals surface area contributed by atoms with Gasteiger partial charge in [-0.3, -0.25) is 4.79 Å². The standard InChI is InChI=1S/C24H16ClF6NO2/c1-32-18-10-6-5-9-16(18)20(17-13-15(25)11-12-19(17)32)21(33)34-22(23(26,27)28,24(29,30)31)14-7-3-2-4-8-14/h2-13,20H,1H3. The second-order valence-corrected chi connectivity index (χ2v) is 8.15. The van der Waals surface area contributed by atoms with Crippen LogP contribution in [0.5, 0.6) is 0 Å². The molecule has 1 unspecified atom stereocenters. The van der Waals surface area contributed by atoms with Gasteiger partial charge in [0.2, 0.25) is 0 Å². The van der Waals surface area contributed by atoms with Gasteiger partial charge in [-0.25, -0.2) is 0 Å². The molecule has 0 amide bonds. The van der Waals surface area contributed by atoms with Gasteiger partial charge in [0.05, 0.1) is 0 Å². The summed E-state index contributed by atoms with van der Waals surface area (Å²) in [5, 5.41) is 0.158. The topological polar surface area (TPSA) is 29.5 Å². The van der Waals surface area contributed by atoms with Gasteiger partial charge in [-0.2, -0.15) is 26.3 Å². The number of ether oxygens (including phenoxy) is 1. The summed E-state index contributed by atoms with van der Waals surface area (Å²) in [4.78, 5) is 15.0. The summed E-state index contributed by atoms with van der Waals surface area (Å²) >= 11 is 6.06. The molecule has 10 heteroatoms. The molecule has 0 aromatic heterocycles. The van der Waals surface area contributed by atoms with E-state index in [1.807, 2.05) is 0 Å². The fourth-order valence-electron chi connectivity index (χ4n) is 4.20. The first-order valence-electron chi connectivity index (χ1n) is 9.92. The molecule has 3 nitrogen and oxygen atoms in total. The molecule has 3 aromatic carbocycles. The van der Waals surface area contributed by atoms with E-state index in [-0.39, 0.29) is 16.1 Å². The molecule has 0 bridgehead atoms. The van der Waals surface area contributed by atoms with E-state index >= 15 is 0 Å². The number of fused-ring (bicyclic) bond motifs is 2. The fourth-order valence-corrected chi connectivity index (χ4v) is 4.38. The molecule has 178 valence electrons. The lowest BCUT2D eigenvalue weighted by atomic mass is 9.84. The number of rotatable bonds is 3. The number of carbonyl (C=O) groups excluding carboxylic acids is 1. The summed E-state index contributed by atoms with van der Waals surface area (Å²) in [7, 11) is 1.66. The third-order valence-electron chi connectivity index (χ3n) is 5.74. The summed E-state index contributed by atoms with van der Waals surface area (Å²) in [6, 6.07) is 15.1. The second kappa shape index (κ2) is 8.23. The number of anilines is 2. The van der Waals surface area contributed by atoms with Gasteiger partial charge in [-0.1, -0.05) is 60.1 Å². The molecule has 1 aliphatic heterocycles. The van der Waals surface area contributed by atoms with E-state index in [9.17, 15) is 31.1 Å². The molecule has 3 aromatic rings. The molecule has 0 radical (unpaired) electrons. The van der Waals surface area contributed by atoms with Gasteiger partial charge in [0.1, 0.15) is 5.92 Å². The lowest BCUT2D eigenvalue weighted by Gasteiger charge is -2.39. The smallest absolute Gasteiger partial charge is 0.434 e. The van der Waals surface area contributed by atoms with Crippen LogP contribution in [0.4, 0.5) is 37.7 Å². The van der Waals surface area contributed by atoms with Crippen molar-refractivity contribution in [3.05, 3.63) is 94.5 Å². The Bertz CT molecular complexity index is 1210. The molecule has 1 aliphatic rings. The van der Waals surface area contributed by atoms with Crippen molar-refractivity contribution in [2.75, 3.05) is 11.9 Å². The Kier molecular flexibility index (Phi) is 5.80. The van der Waals surface area contributed by atoms with E-state index in [1.54, 1.807) is 24.1 Å². The first-order chi connectivity index (χ1) is 15.9. The number of para-hydroxylation sites is 1. The van der Waals surface area contributed by atoms with Crippen molar-refractivity contribution in [3.8, 4) is 0 Å². The number of hydrogen-bond donors (Lipinski definition) is 0. The van der Waals surface area contributed by atoms with Gasteiger partial charge >= 0.3 is 23.9 Å². The summed E-state index contributed by atoms with van der Waals surface area (Å²) in [6.45, 7) is 0. The van der Waals surface area contributed by atoms with Crippen LogP contribution in [0.3, 0.4) is 0 Å². The lowest BCUT2D eigenvalue weighted by molar-refractivity contribution is -0.378. The normalized spacial score (nSPS) is 16.0. The SMILES string of the molecule is CN1c2ccccc2C(C(=O)OC(c2ccccc2)(C(F)(F)F)C(F)(F)F)c2cc(Cl)ccc21. The van der Waals surface area contributed by atoms with Gasteiger partial charge in [-0.15, -0.1) is 0 Å². The largest absolute Gasteiger partial charge is 0.442 e. The molecular weight excluding hydrogens is 484 g/mol. The first-order valence-corrected chi connectivity index (χ1v) is 10.3. The van der Waals surface area contributed by atoms with Crippen molar-refractivity contribution in [2.45, 2.75) is 23.9 Å². The average molecular weight is 500 g/mol. The van der Waals surface area contributed by atoms with Crippen molar-refractivity contribution in [2.24, 2.45) is 0 Å². The predicted octanol–water partition coefficient (Wildman–Crippen LogP) is 7.12. The number of esters is 1. The van der Waals surface area contributed by atoms with Crippen LogP contribution < -0.4 is 4.90 Å². The van der Waals surface area contributed by atoms with Crippen LogP contribution >= 0.6 is 11.6 Å². The molecule has 0 spiro atoms. The third-order valence-corrected chi connectivity index (χ3v) is 5.97. The third kappa shape index (κ3) is 3.68. The molecule has 0 saturated heterocycles. The maximum absolute atomic E-state index is 14.2.